The Morgan fingerprint density at radius 1 is 0.923 bits per heavy atom. The van der Waals surface area contributed by atoms with E-state index < -0.39 is 62.6 Å². The standard InChI is InChI=1S/C38H45ClN4O8S/c39-27-10-8-13-29(21-27)50-30-16-15-24-23-43-33(20-25(24)19-30)34(44)41-38(36(46)42-52(48,49)31-17-18-31)22-26(38)9-4-2-1-3-5-14-32(35(43)45)40-37(47)51-28-11-6-7-12-28/h4,8-10,13,15-16,19,21,26,28,31-33H,1-3,5-7,11-12,14,17-18,20,22-23H2,(H,40,47)(H,41,44)(H,42,46)/b9-4-/t26?,32-,33?,38?/m0/s1. The largest absolute Gasteiger partial charge is 0.457 e. The maximum absolute atomic E-state index is 14.5. The Bertz CT molecular complexity index is 1860. The first-order valence-corrected chi connectivity index (χ1v) is 20.3. The molecule has 3 unspecified atom stereocenters. The Kier molecular flexibility index (Phi) is 10.5. The van der Waals surface area contributed by atoms with Crippen LogP contribution in [0, 0.1) is 5.92 Å². The lowest BCUT2D eigenvalue weighted by molar-refractivity contribution is -0.144. The Labute approximate surface area is 309 Å². The minimum Gasteiger partial charge on any atom is -0.457 e. The summed E-state index contributed by atoms with van der Waals surface area (Å²) < 4.78 is 39.6. The lowest BCUT2D eigenvalue weighted by Gasteiger charge is -2.39. The summed E-state index contributed by atoms with van der Waals surface area (Å²) in [6, 6.07) is 10.4. The molecule has 3 aliphatic carbocycles. The van der Waals surface area contributed by atoms with E-state index in [9.17, 15) is 27.6 Å². The molecule has 0 spiro atoms. The molecule has 4 amide bonds. The van der Waals surface area contributed by atoms with Crippen LogP contribution in [0.4, 0.5) is 4.79 Å². The molecule has 12 nitrogen and oxygen atoms in total. The molecule has 0 radical (unpaired) electrons. The number of hydrogen-bond donors (Lipinski definition) is 3. The lowest BCUT2D eigenvalue weighted by atomic mass is 9.91. The molecule has 0 aromatic heterocycles. The highest BCUT2D eigenvalue weighted by Crippen LogP contribution is 2.46. The van der Waals surface area contributed by atoms with E-state index in [1.165, 1.54) is 4.90 Å². The number of allylic oxidation sites excluding steroid dienone is 1. The van der Waals surface area contributed by atoms with Crippen LogP contribution in [0.1, 0.15) is 88.2 Å². The predicted molar refractivity (Wildman–Crippen MR) is 193 cm³/mol. The number of carbonyl (C=O) groups is 4. The molecule has 2 aliphatic heterocycles. The van der Waals surface area contributed by atoms with E-state index in [4.69, 9.17) is 21.1 Å². The normalized spacial score (nSPS) is 27.4. The molecule has 52 heavy (non-hydrogen) atoms. The first-order chi connectivity index (χ1) is 25.0. The predicted octanol–water partition coefficient (Wildman–Crippen LogP) is 5.43. The number of fused-ring (bicyclic) bond motifs is 3. The topological polar surface area (TPSA) is 160 Å². The molecule has 5 aliphatic rings. The monoisotopic (exact) mass is 752 g/mol. The molecular weight excluding hydrogens is 708 g/mol. The first-order valence-electron chi connectivity index (χ1n) is 18.4. The van der Waals surface area contributed by atoms with Gasteiger partial charge in [-0.1, -0.05) is 48.7 Å². The third-order valence-corrected chi connectivity index (χ3v) is 12.8. The highest BCUT2D eigenvalue weighted by molar-refractivity contribution is 7.91. The number of nitrogens with one attached hydrogen (secondary N) is 3. The number of amides is 4. The highest BCUT2D eigenvalue weighted by Gasteiger charge is 2.62. The van der Waals surface area contributed by atoms with E-state index in [-0.39, 0.29) is 25.5 Å². The Morgan fingerprint density at radius 3 is 2.46 bits per heavy atom. The summed E-state index contributed by atoms with van der Waals surface area (Å²) in [7, 11) is -3.88. The SMILES string of the molecule is O=C(N[C@H]1CCCCC/C=C\C2CC2(C(=O)NS(=O)(=O)C2CC2)NC(=O)C2Cc3cc(Oc4cccc(Cl)c4)ccc3CN2C1=O)OC1CCCC1. The van der Waals surface area contributed by atoms with Gasteiger partial charge in [0, 0.05) is 23.9 Å². The Balaban J connectivity index is 1.19. The fraction of sp³-hybridized carbons (Fsp3) is 0.526. The molecule has 14 heteroatoms. The third-order valence-electron chi connectivity index (χ3n) is 10.8. The summed E-state index contributed by atoms with van der Waals surface area (Å²) >= 11 is 6.16. The minimum atomic E-state index is -3.88. The van der Waals surface area contributed by atoms with Gasteiger partial charge in [0.1, 0.15) is 35.2 Å². The minimum absolute atomic E-state index is 0.0676. The zero-order valence-corrected chi connectivity index (χ0v) is 30.6. The van der Waals surface area contributed by atoms with Crippen molar-refractivity contribution in [3.63, 3.8) is 0 Å². The molecular formula is C38H45ClN4O8S. The first kappa shape index (κ1) is 36.3. The van der Waals surface area contributed by atoms with Crippen LogP contribution in [0.2, 0.25) is 5.02 Å². The maximum Gasteiger partial charge on any atom is 0.408 e. The summed E-state index contributed by atoms with van der Waals surface area (Å²) in [5.41, 5.74) is 0.0930. The average Bonchev–Trinajstić information content (AvgIpc) is 4.03. The van der Waals surface area contributed by atoms with Gasteiger partial charge < -0.3 is 25.0 Å². The number of halogens is 1. The average molecular weight is 753 g/mol. The molecule has 7 rings (SSSR count). The highest BCUT2D eigenvalue weighted by atomic mass is 35.5. The summed E-state index contributed by atoms with van der Waals surface area (Å²) in [5.74, 6) is -1.14. The van der Waals surface area contributed by atoms with Crippen LogP contribution >= 0.6 is 11.6 Å². The summed E-state index contributed by atoms with van der Waals surface area (Å²) in [4.78, 5) is 57.3. The molecule has 0 saturated heterocycles. The van der Waals surface area contributed by atoms with Gasteiger partial charge in [-0.25, -0.2) is 13.2 Å². The van der Waals surface area contributed by atoms with Crippen molar-refractivity contribution >= 4 is 45.4 Å². The van der Waals surface area contributed by atoms with E-state index in [1.807, 2.05) is 24.3 Å². The Hall–Kier alpha value is -4.10. The van der Waals surface area contributed by atoms with Gasteiger partial charge in [-0.2, -0.15) is 0 Å². The summed E-state index contributed by atoms with van der Waals surface area (Å²) in [6.45, 7) is 0.0676. The number of hydrogen-bond acceptors (Lipinski definition) is 8. The van der Waals surface area contributed by atoms with Crippen LogP contribution in [0.15, 0.2) is 54.6 Å². The van der Waals surface area contributed by atoms with E-state index in [0.717, 1.165) is 49.7 Å². The number of benzene rings is 2. The van der Waals surface area contributed by atoms with Crippen molar-refractivity contribution in [3.05, 3.63) is 70.8 Å². The van der Waals surface area contributed by atoms with Crippen LogP contribution < -0.4 is 20.1 Å². The van der Waals surface area contributed by atoms with E-state index in [2.05, 4.69) is 15.4 Å². The molecule has 278 valence electrons. The van der Waals surface area contributed by atoms with Gasteiger partial charge in [-0.3, -0.25) is 19.1 Å². The van der Waals surface area contributed by atoms with Gasteiger partial charge in [-0.15, -0.1) is 0 Å². The molecule has 2 aromatic carbocycles. The van der Waals surface area contributed by atoms with Gasteiger partial charge in [0.05, 0.1) is 5.25 Å². The second-order valence-corrected chi connectivity index (χ2v) is 17.1. The van der Waals surface area contributed by atoms with Crippen molar-refractivity contribution in [2.45, 2.75) is 119 Å². The van der Waals surface area contributed by atoms with Gasteiger partial charge >= 0.3 is 6.09 Å². The second kappa shape index (κ2) is 15.1. The molecule has 2 aromatic rings. The smallest absolute Gasteiger partial charge is 0.408 e. The van der Waals surface area contributed by atoms with Crippen molar-refractivity contribution in [2.75, 3.05) is 0 Å². The number of alkyl carbamates (subject to hydrolysis) is 1. The van der Waals surface area contributed by atoms with Crippen LogP contribution in [0.25, 0.3) is 0 Å². The molecule has 4 atom stereocenters. The van der Waals surface area contributed by atoms with Crippen LogP contribution in [-0.4, -0.2) is 66.1 Å². The molecule has 0 bridgehead atoms. The van der Waals surface area contributed by atoms with E-state index in [1.54, 1.807) is 30.3 Å². The number of sulfonamides is 1. The van der Waals surface area contributed by atoms with Gasteiger partial charge in [0.25, 0.3) is 5.91 Å². The zero-order chi connectivity index (χ0) is 36.5. The molecule has 3 saturated carbocycles. The molecule has 3 N–H and O–H groups in total. The maximum atomic E-state index is 14.5. The summed E-state index contributed by atoms with van der Waals surface area (Å²) in [5, 5.41) is 5.64. The Morgan fingerprint density at radius 2 is 1.69 bits per heavy atom. The van der Waals surface area contributed by atoms with Gasteiger partial charge in [0.15, 0.2) is 0 Å². The second-order valence-electron chi connectivity index (χ2n) is 14.7. The summed E-state index contributed by atoms with van der Waals surface area (Å²) in [6.07, 6.45) is 11.2. The van der Waals surface area contributed by atoms with Gasteiger partial charge in [0.2, 0.25) is 21.8 Å². The molecule has 3 fully saturated rings. The van der Waals surface area contributed by atoms with Crippen molar-refractivity contribution in [1.82, 2.24) is 20.3 Å². The van der Waals surface area contributed by atoms with E-state index in [0.29, 0.717) is 48.6 Å². The third kappa shape index (κ3) is 8.25. The van der Waals surface area contributed by atoms with Crippen molar-refractivity contribution in [1.29, 1.82) is 0 Å². The quantitative estimate of drug-likeness (QED) is 0.316. The number of ether oxygens (including phenoxy) is 2. The van der Waals surface area contributed by atoms with Crippen molar-refractivity contribution in [2.24, 2.45) is 5.92 Å². The molecule has 2 heterocycles. The number of carbonyl (C=O) groups excluding carboxylic acids is 4. The van der Waals surface area contributed by atoms with Crippen LogP contribution in [0.5, 0.6) is 11.5 Å². The van der Waals surface area contributed by atoms with Crippen LogP contribution in [-0.2, 0) is 42.1 Å². The fourth-order valence-electron chi connectivity index (χ4n) is 7.56. The van der Waals surface area contributed by atoms with Crippen molar-refractivity contribution in [3.8, 4) is 11.5 Å². The zero-order valence-electron chi connectivity index (χ0n) is 29.0. The van der Waals surface area contributed by atoms with Gasteiger partial charge in [-0.05, 0) is 106 Å². The van der Waals surface area contributed by atoms with E-state index >= 15 is 0 Å². The lowest BCUT2D eigenvalue weighted by Crippen LogP contribution is -2.61. The van der Waals surface area contributed by atoms with Crippen molar-refractivity contribution < 1.29 is 37.1 Å². The fourth-order valence-corrected chi connectivity index (χ4v) is 9.11. The number of nitrogens with zero attached hydrogens (tertiary/aromatic N) is 1. The number of rotatable bonds is 7. The van der Waals surface area contributed by atoms with Crippen LogP contribution in [0.3, 0.4) is 0 Å².